The fourth-order valence-corrected chi connectivity index (χ4v) is 0.446. The van der Waals surface area contributed by atoms with E-state index >= 15 is 0 Å². The first-order chi connectivity index (χ1) is 3.43. The van der Waals surface area contributed by atoms with Crippen molar-refractivity contribution in [2.24, 2.45) is 10.3 Å². The summed E-state index contributed by atoms with van der Waals surface area (Å²) in [5.41, 5.74) is 0. The first kappa shape index (κ1) is 4.30. The molecule has 0 aromatic heterocycles. The maximum atomic E-state index is 3.72. The Bertz CT molecular complexity index is 97.1. The molecule has 0 aromatic carbocycles. The summed E-state index contributed by atoms with van der Waals surface area (Å²) in [6.45, 7) is 5.22. The zero-order chi connectivity index (χ0) is 5.11. The van der Waals surface area contributed by atoms with Crippen LogP contribution in [0, 0.1) is 0 Å². The van der Waals surface area contributed by atoms with Crippen LogP contribution in [0.2, 0.25) is 0 Å². The minimum atomic E-state index is 0.812. The van der Waals surface area contributed by atoms with Gasteiger partial charge < -0.3 is 0 Å². The van der Waals surface area contributed by atoms with Crippen molar-refractivity contribution in [3.63, 3.8) is 0 Å². The van der Waals surface area contributed by atoms with E-state index in [9.17, 15) is 0 Å². The van der Waals surface area contributed by atoms with Gasteiger partial charge in [-0.05, 0) is 0 Å². The predicted octanol–water partition coefficient (Wildman–Crippen LogP) is 0.813. The lowest BCUT2D eigenvalue weighted by Crippen LogP contribution is -2.05. The Labute approximate surface area is 42.3 Å². The van der Waals surface area contributed by atoms with Crippen LogP contribution < -0.4 is 0 Å². The molecule has 0 N–H and O–H groups in total. The van der Waals surface area contributed by atoms with Gasteiger partial charge >= 0.3 is 0 Å². The molecule has 0 aromatic rings. The van der Waals surface area contributed by atoms with Crippen LogP contribution in [0.4, 0.5) is 0 Å². The third-order valence-electron chi connectivity index (χ3n) is 0.818. The summed E-state index contributed by atoms with van der Waals surface area (Å²) in [5, 5.41) is 9.12. The van der Waals surface area contributed by atoms with Gasteiger partial charge in [-0.25, -0.2) is 0 Å². The number of hydrogen-bond donors (Lipinski definition) is 0. The van der Waals surface area contributed by atoms with Gasteiger partial charge in [0.2, 0.25) is 0 Å². The Balaban J connectivity index is 2.42. The highest BCUT2D eigenvalue weighted by atomic mass is 15.6. The molecule has 0 aliphatic carbocycles. The van der Waals surface area contributed by atoms with Gasteiger partial charge in [-0.3, -0.25) is 5.01 Å². The Morgan fingerprint density at radius 3 is 2.86 bits per heavy atom. The minimum absolute atomic E-state index is 0.812. The van der Waals surface area contributed by atoms with Gasteiger partial charge in [0.25, 0.3) is 0 Å². The largest absolute Gasteiger partial charge is 0.253 e. The normalized spacial score (nSPS) is 18.0. The van der Waals surface area contributed by atoms with Crippen molar-refractivity contribution < 1.29 is 0 Å². The first-order valence-electron chi connectivity index (χ1n) is 2.20. The van der Waals surface area contributed by atoms with Crippen molar-refractivity contribution in [3.8, 4) is 0 Å². The zero-order valence-electron chi connectivity index (χ0n) is 4.04. The molecular formula is C4H7N3. The quantitative estimate of drug-likeness (QED) is 0.476. The molecule has 0 bridgehead atoms. The highest BCUT2D eigenvalue weighted by molar-refractivity contribution is 4.69. The molecule has 1 aliphatic rings. The summed E-state index contributed by atoms with van der Waals surface area (Å²) in [6.07, 6.45) is 1.66. The van der Waals surface area contributed by atoms with Gasteiger partial charge in [-0.2, -0.15) is 5.11 Å². The van der Waals surface area contributed by atoms with Gasteiger partial charge in [0.15, 0.2) is 0 Å². The molecule has 38 valence electrons. The van der Waals surface area contributed by atoms with Crippen LogP contribution in [0.25, 0.3) is 0 Å². The minimum Gasteiger partial charge on any atom is -0.253 e. The molecule has 7 heavy (non-hydrogen) atoms. The van der Waals surface area contributed by atoms with Crippen molar-refractivity contribution in [2.75, 3.05) is 13.1 Å². The second-order valence-electron chi connectivity index (χ2n) is 1.30. The van der Waals surface area contributed by atoms with Crippen LogP contribution in [0.5, 0.6) is 0 Å². The van der Waals surface area contributed by atoms with Crippen molar-refractivity contribution in [1.82, 2.24) is 5.01 Å². The van der Waals surface area contributed by atoms with E-state index in [2.05, 4.69) is 16.9 Å². The monoisotopic (exact) mass is 97.1 g/mol. The smallest absolute Gasteiger partial charge is 0.0817 e. The van der Waals surface area contributed by atoms with Crippen LogP contribution in [0.1, 0.15) is 0 Å². The molecule has 0 radical (unpaired) electrons. The maximum absolute atomic E-state index is 3.72. The second kappa shape index (κ2) is 1.73. The van der Waals surface area contributed by atoms with Crippen LogP contribution in [-0.2, 0) is 0 Å². The molecule has 0 unspecified atom stereocenters. The van der Waals surface area contributed by atoms with E-state index in [4.69, 9.17) is 0 Å². The number of nitrogens with zero attached hydrogens (tertiary/aromatic N) is 3. The fraction of sp³-hybridized carbons (Fsp3) is 0.500. The highest BCUT2D eigenvalue weighted by Crippen LogP contribution is 1.97. The van der Waals surface area contributed by atoms with Crippen molar-refractivity contribution in [2.45, 2.75) is 0 Å². The van der Waals surface area contributed by atoms with Crippen LogP contribution in [-0.4, -0.2) is 18.1 Å². The summed E-state index contributed by atoms with van der Waals surface area (Å²) in [5.74, 6) is 0. The standard InChI is InChI=1S/C4H7N3/c1-2-7-4-3-5-6-7/h2H,1,3-4H2. The molecule has 0 spiro atoms. The lowest BCUT2D eigenvalue weighted by atomic mass is 10.6. The average Bonchev–Trinajstić information content (AvgIpc) is 2.14. The molecule has 0 fully saturated rings. The first-order valence-corrected chi connectivity index (χ1v) is 2.20. The molecule has 0 amide bonds. The van der Waals surface area contributed by atoms with Gasteiger partial charge in [-0.15, -0.1) is 0 Å². The molecule has 3 heteroatoms. The number of rotatable bonds is 1. The van der Waals surface area contributed by atoms with Gasteiger partial charge in [0.05, 0.1) is 13.1 Å². The van der Waals surface area contributed by atoms with Crippen molar-refractivity contribution in [3.05, 3.63) is 12.8 Å². The van der Waals surface area contributed by atoms with E-state index in [1.54, 1.807) is 11.2 Å². The lowest BCUT2D eigenvalue weighted by Gasteiger charge is -1.99. The molecule has 0 saturated carbocycles. The zero-order valence-corrected chi connectivity index (χ0v) is 4.04. The molecule has 3 nitrogen and oxygen atoms in total. The fourth-order valence-electron chi connectivity index (χ4n) is 0.446. The summed E-state index contributed by atoms with van der Waals surface area (Å²) >= 11 is 0. The predicted molar refractivity (Wildman–Crippen MR) is 26.6 cm³/mol. The van der Waals surface area contributed by atoms with E-state index in [0.29, 0.717) is 0 Å². The van der Waals surface area contributed by atoms with Gasteiger partial charge in [0.1, 0.15) is 0 Å². The van der Waals surface area contributed by atoms with E-state index < -0.39 is 0 Å². The molecule has 0 saturated heterocycles. The summed E-state index contributed by atoms with van der Waals surface area (Å²) < 4.78 is 0. The van der Waals surface area contributed by atoms with E-state index in [1.165, 1.54) is 0 Å². The van der Waals surface area contributed by atoms with E-state index in [0.717, 1.165) is 13.1 Å². The molecule has 0 atom stereocenters. The third kappa shape index (κ3) is 0.765. The van der Waals surface area contributed by atoms with Gasteiger partial charge in [0, 0.05) is 6.20 Å². The summed E-state index contributed by atoms with van der Waals surface area (Å²) in [6, 6.07) is 0. The molecule has 1 aliphatic heterocycles. The SMILES string of the molecule is C=CN1CCN=N1. The van der Waals surface area contributed by atoms with E-state index in [-0.39, 0.29) is 0 Å². The Kier molecular flexibility index (Phi) is 1.06. The Morgan fingerprint density at radius 2 is 2.57 bits per heavy atom. The Morgan fingerprint density at radius 1 is 1.71 bits per heavy atom. The van der Waals surface area contributed by atoms with Crippen LogP contribution in [0.3, 0.4) is 0 Å². The van der Waals surface area contributed by atoms with Gasteiger partial charge in [-0.1, -0.05) is 11.8 Å². The van der Waals surface area contributed by atoms with Crippen LogP contribution in [0.15, 0.2) is 23.1 Å². The molecule has 1 heterocycles. The third-order valence-corrected chi connectivity index (χ3v) is 0.818. The second-order valence-corrected chi connectivity index (χ2v) is 1.30. The summed E-state index contributed by atoms with van der Waals surface area (Å²) in [4.78, 5) is 0. The number of hydrogen-bond acceptors (Lipinski definition) is 3. The average molecular weight is 97.1 g/mol. The Hall–Kier alpha value is -0.860. The maximum Gasteiger partial charge on any atom is 0.0817 e. The highest BCUT2D eigenvalue weighted by Gasteiger charge is 1.98. The van der Waals surface area contributed by atoms with Crippen molar-refractivity contribution >= 4 is 0 Å². The molecular weight excluding hydrogens is 90.1 g/mol. The lowest BCUT2D eigenvalue weighted by molar-refractivity contribution is 0.445. The van der Waals surface area contributed by atoms with Crippen molar-refractivity contribution in [1.29, 1.82) is 0 Å². The molecule has 1 rings (SSSR count). The van der Waals surface area contributed by atoms with E-state index in [1.807, 2.05) is 0 Å². The summed E-state index contributed by atoms with van der Waals surface area (Å²) in [7, 11) is 0. The topological polar surface area (TPSA) is 28.0 Å². The van der Waals surface area contributed by atoms with Crippen LogP contribution >= 0.6 is 0 Å².